The van der Waals surface area contributed by atoms with Gasteiger partial charge >= 0.3 is 0 Å². The molecule has 0 aromatic heterocycles. The minimum Gasteiger partial charge on any atom is -0.384 e. The fourth-order valence-corrected chi connectivity index (χ4v) is 1.73. The highest BCUT2D eigenvalue weighted by Crippen LogP contribution is 2.15. The number of piperidine rings is 1. The molecule has 65 valence electrons. The van der Waals surface area contributed by atoms with E-state index in [4.69, 9.17) is 4.74 Å². The van der Waals surface area contributed by atoms with Crippen LogP contribution in [0.1, 0.15) is 12.8 Å². The number of ether oxygens (including phenoxy) is 1. The molecule has 1 aliphatic rings. The molecule has 0 aromatic carbocycles. The van der Waals surface area contributed by atoms with Crippen molar-refractivity contribution >= 4 is 0 Å². The number of rotatable bonds is 3. The van der Waals surface area contributed by atoms with Crippen LogP contribution >= 0.6 is 0 Å². The summed E-state index contributed by atoms with van der Waals surface area (Å²) in [5.41, 5.74) is 0. The van der Waals surface area contributed by atoms with Crippen LogP contribution in [-0.4, -0.2) is 38.3 Å². The SMILES string of the molecule is [CH2]CN1CCC[C@H](COC)C1. The molecule has 1 rings (SSSR count). The van der Waals surface area contributed by atoms with Crippen LogP contribution in [-0.2, 0) is 4.74 Å². The number of hydrogen-bond acceptors (Lipinski definition) is 2. The van der Waals surface area contributed by atoms with Gasteiger partial charge in [-0.1, -0.05) is 0 Å². The first-order valence-corrected chi connectivity index (χ1v) is 4.37. The molecular weight excluding hydrogens is 138 g/mol. The fraction of sp³-hybridized carbons (Fsp3) is 0.889. The van der Waals surface area contributed by atoms with Gasteiger partial charge in [-0.25, -0.2) is 0 Å². The molecular formula is C9H18NO. The molecule has 0 amide bonds. The molecule has 11 heavy (non-hydrogen) atoms. The van der Waals surface area contributed by atoms with Crippen molar-refractivity contribution in [2.24, 2.45) is 5.92 Å². The standard InChI is InChI=1S/C9H18NO/c1-3-10-6-4-5-9(7-10)8-11-2/h9H,1,3-8H2,2H3/t9-/m0/s1. The van der Waals surface area contributed by atoms with E-state index in [-0.39, 0.29) is 0 Å². The highest BCUT2D eigenvalue weighted by molar-refractivity contribution is 4.72. The second kappa shape index (κ2) is 4.73. The molecule has 0 aliphatic carbocycles. The average molecular weight is 156 g/mol. The number of nitrogens with zero attached hydrogens (tertiary/aromatic N) is 1. The van der Waals surface area contributed by atoms with Gasteiger partial charge in [-0.05, 0) is 38.8 Å². The Morgan fingerprint density at radius 2 is 2.45 bits per heavy atom. The first-order chi connectivity index (χ1) is 5.36. The van der Waals surface area contributed by atoms with Crippen molar-refractivity contribution in [2.75, 3.05) is 33.4 Å². The molecule has 2 heteroatoms. The zero-order valence-electron chi connectivity index (χ0n) is 7.38. The Hall–Kier alpha value is -0.0800. The van der Waals surface area contributed by atoms with Gasteiger partial charge in [0.2, 0.25) is 0 Å². The van der Waals surface area contributed by atoms with E-state index in [9.17, 15) is 0 Å². The number of likely N-dealkylation sites (tertiary alicyclic amines) is 1. The molecule has 0 N–H and O–H groups in total. The Morgan fingerprint density at radius 1 is 1.64 bits per heavy atom. The lowest BCUT2D eigenvalue weighted by Crippen LogP contribution is -2.36. The Labute approximate surface area is 69.5 Å². The van der Waals surface area contributed by atoms with Gasteiger partial charge in [0.25, 0.3) is 0 Å². The molecule has 1 saturated heterocycles. The predicted octanol–water partition coefficient (Wildman–Crippen LogP) is 1.18. The summed E-state index contributed by atoms with van der Waals surface area (Å²) in [5.74, 6) is 0.746. The lowest BCUT2D eigenvalue weighted by molar-refractivity contribution is 0.0957. The van der Waals surface area contributed by atoms with Gasteiger partial charge in [-0.3, -0.25) is 0 Å². The summed E-state index contributed by atoms with van der Waals surface area (Å²) in [7, 11) is 1.78. The largest absolute Gasteiger partial charge is 0.384 e. The fourth-order valence-electron chi connectivity index (χ4n) is 1.73. The third-order valence-electron chi connectivity index (χ3n) is 2.32. The topological polar surface area (TPSA) is 12.5 Å². The van der Waals surface area contributed by atoms with Crippen LogP contribution in [0.5, 0.6) is 0 Å². The summed E-state index contributed by atoms with van der Waals surface area (Å²) >= 11 is 0. The molecule has 1 aliphatic heterocycles. The molecule has 1 radical (unpaired) electrons. The maximum absolute atomic E-state index is 5.13. The van der Waals surface area contributed by atoms with E-state index in [1.54, 1.807) is 7.11 Å². The second-order valence-electron chi connectivity index (χ2n) is 3.26. The van der Waals surface area contributed by atoms with Crippen LogP contribution < -0.4 is 0 Å². The van der Waals surface area contributed by atoms with Gasteiger partial charge < -0.3 is 9.64 Å². The lowest BCUT2D eigenvalue weighted by Gasteiger charge is -2.31. The van der Waals surface area contributed by atoms with Crippen LogP contribution in [0.15, 0.2) is 0 Å². The van der Waals surface area contributed by atoms with Crippen LogP contribution in [0.2, 0.25) is 0 Å². The predicted molar refractivity (Wildman–Crippen MR) is 46.4 cm³/mol. The highest BCUT2D eigenvalue weighted by atomic mass is 16.5. The van der Waals surface area contributed by atoms with Crippen LogP contribution in [0.3, 0.4) is 0 Å². The highest BCUT2D eigenvalue weighted by Gasteiger charge is 2.17. The van der Waals surface area contributed by atoms with Gasteiger partial charge in [0.05, 0.1) is 6.61 Å². The van der Waals surface area contributed by atoms with E-state index in [0.29, 0.717) is 0 Å². The summed E-state index contributed by atoms with van der Waals surface area (Å²) < 4.78 is 5.13. The lowest BCUT2D eigenvalue weighted by atomic mass is 9.99. The van der Waals surface area contributed by atoms with Crippen molar-refractivity contribution in [3.63, 3.8) is 0 Å². The monoisotopic (exact) mass is 156 g/mol. The smallest absolute Gasteiger partial charge is 0.0502 e. The van der Waals surface area contributed by atoms with Gasteiger partial charge in [0.15, 0.2) is 0 Å². The van der Waals surface area contributed by atoms with Crippen LogP contribution in [0.25, 0.3) is 0 Å². The second-order valence-corrected chi connectivity index (χ2v) is 3.26. The van der Waals surface area contributed by atoms with E-state index in [0.717, 1.165) is 19.1 Å². The molecule has 0 bridgehead atoms. The van der Waals surface area contributed by atoms with Crippen molar-refractivity contribution in [1.29, 1.82) is 0 Å². The zero-order chi connectivity index (χ0) is 8.10. The Balaban J connectivity index is 2.21. The van der Waals surface area contributed by atoms with E-state index in [2.05, 4.69) is 11.8 Å². The van der Waals surface area contributed by atoms with Crippen molar-refractivity contribution in [3.05, 3.63) is 6.92 Å². The third-order valence-corrected chi connectivity index (χ3v) is 2.32. The molecule has 1 atom stereocenters. The zero-order valence-corrected chi connectivity index (χ0v) is 7.38. The van der Waals surface area contributed by atoms with Gasteiger partial charge in [-0.2, -0.15) is 0 Å². The molecule has 2 nitrogen and oxygen atoms in total. The first-order valence-electron chi connectivity index (χ1n) is 4.37. The normalized spacial score (nSPS) is 27.3. The van der Waals surface area contributed by atoms with Crippen molar-refractivity contribution < 1.29 is 4.74 Å². The van der Waals surface area contributed by atoms with Gasteiger partial charge in [0, 0.05) is 13.7 Å². The molecule has 0 aromatic rings. The van der Waals surface area contributed by atoms with E-state index >= 15 is 0 Å². The van der Waals surface area contributed by atoms with Crippen molar-refractivity contribution in [2.45, 2.75) is 12.8 Å². The van der Waals surface area contributed by atoms with E-state index in [1.807, 2.05) is 0 Å². The summed E-state index contributed by atoms with van der Waals surface area (Å²) in [6.07, 6.45) is 2.63. The van der Waals surface area contributed by atoms with E-state index in [1.165, 1.54) is 25.9 Å². The molecule has 0 saturated carbocycles. The van der Waals surface area contributed by atoms with Crippen molar-refractivity contribution in [3.8, 4) is 0 Å². The first kappa shape index (κ1) is 9.01. The van der Waals surface area contributed by atoms with Gasteiger partial charge in [-0.15, -0.1) is 0 Å². The maximum atomic E-state index is 5.13. The average Bonchev–Trinajstić information content (AvgIpc) is 2.06. The number of methoxy groups -OCH3 is 1. The summed E-state index contributed by atoms with van der Waals surface area (Å²) in [6.45, 7) is 8.15. The third kappa shape index (κ3) is 2.80. The van der Waals surface area contributed by atoms with Crippen LogP contribution in [0.4, 0.5) is 0 Å². The quantitative estimate of drug-likeness (QED) is 0.608. The Morgan fingerprint density at radius 3 is 3.09 bits per heavy atom. The molecule has 0 spiro atoms. The minimum absolute atomic E-state index is 0.746. The summed E-state index contributed by atoms with van der Waals surface area (Å²) in [4.78, 5) is 2.40. The van der Waals surface area contributed by atoms with Crippen LogP contribution in [0, 0.1) is 12.8 Å². The van der Waals surface area contributed by atoms with Crippen molar-refractivity contribution in [1.82, 2.24) is 4.90 Å². The number of hydrogen-bond donors (Lipinski definition) is 0. The summed E-state index contributed by atoms with van der Waals surface area (Å²) in [5, 5.41) is 0. The Kier molecular flexibility index (Phi) is 3.87. The molecule has 1 fully saturated rings. The molecule has 1 heterocycles. The van der Waals surface area contributed by atoms with Gasteiger partial charge in [0.1, 0.15) is 0 Å². The minimum atomic E-state index is 0.746. The van der Waals surface area contributed by atoms with E-state index < -0.39 is 0 Å². The molecule has 0 unspecified atom stereocenters. The maximum Gasteiger partial charge on any atom is 0.0502 e. The Bertz CT molecular complexity index is 104. The summed E-state index contributed by atoms with van der Waals surface area (Å²) in [6, 6.07) is 0.